The molecule has 0 saturated carbocycles. The van der Waals surface area contributed by atoms with E-state index < -0.39 is 27.5 Å². The van der Waals surface area contributed by atoms with E-state index in [4.69, 9.17) is 9.16 Å². The molecule has 5 nitrogen and oxygen atoms in total. The zero-order valence-corrected chi connectivity index (χ0v) is 15.9. The third-order valence-corrected chi connectivity index (χ3v) is 9.49. The molecule has 1 atom stereocenters. The number of hydrogen-bond donors (Lipinski definition) is 2. The smallest absolute Gasteiger partial charge is 0.464 e. The predicted octanol–water partition coefficient (Wildman–Crippen LogP) is 2.05. The molecule has 0 fully saturated rings. The summed E-state index contributed by atoms with van der Waals surface area (Å²) in [5.74, 6) is -0.437. The van der Waals surface area contributed by atoms with Crippen molar-refractivity contribution in [2.24, 2.45) is 0 Å². The maximum absolute atomic E-state index is 12.3. The molecule has 0 aliphatic heterocycles. The van der Waals surface area contributed by atoms with Gasteiger partial charge in [-0.3, -0.25) is 0 Å². The monoisotopic (exact) mass is 344 g/mol. The van der Waals surface area contributed by atoms with E-state index in [9.17, 15) is 14.8 Å². The first-order valence-electron chi connectivity index (χ1n) is 7.30. The van der Waals surface area contributed by atoms with Crippen molar-refractivity contribution < 1.29 is 24.0 Å². The standard InChI is InChI=1S/C14H25BO5SSi/c1-7-19-13(16)12(20-22(5,6)14(2,3)4)10-8-9-11(21-10)15(17)18/h8-9,12,17-18H,7H2,1-6H3. The van der Waals surface area contributed by atoms with Crippen LogP contribution >= 0.6 is 11.3 Å². The summed E-state index contributed by atoms with van der Waals surface area (Å²) in [4.78, 5) is 12.9. The highest BCUT2D eigenvalue weighted by Crippen LogP contribution is 2.40. The highest BCUT2D eigenvalue weighted by atomic mass is 32.1. The van der Waals surface area contributed by atoms with Crippen molar-refractivity contribution in [2.45, 2.75) is 51.9 Å². The van der Waals surface area contributed by atoms with Gasteiger partial charge in [-0.1, -0.05) is 26.8 Å². The first kappa shape index (κ1) is 19.4. The molecule has 0 aliphatic rings. The van der Waals surface area contributed by atoms with Crippen molar-refractivity contribution in [3.8, 4) is 0 Å². The third-order valence-electron chi connectivity index (χ3n) is 3.88. The number of ether oxygens (including phenoxy) is 1. The van der Waals surface area contributed by atoms with Crippen LogP contribution in [0.5, 0.6) is 0 Å². The second-order valence-electron chi connectivity index (χ2n) is 6.62. The first-order valence-corrected chi connectivity index (χ1v) is 11.0. The number of rotatable bonds is 6. The summed E-state index contributed by atoms with van der Waals surface area (Å²) >= 11 is 1.15. The molecule has 1 aromatic heterocycles. The zero-order valence-electron chi connectivity index (χ0n) is 14.0. The van der Waals surface area contributed by atoms with Gasteiger partial charge in [0.25, 0.3) is 0 Å². The summed E-state index contributed by atoms with van der Waals surface area (Å²) < 4.78 is 11.7. The van der Waals surface area contributed by atoms with E-state index in [-0.39, 0.29) is 11.6 Å². The van der Waals surface area contributed by atoms with Crippen LogP contribution in [0.1, 0.15) is 38.7 Å². The molecule has 22 heavy (non-hydrogen) atoms. The van der Waals surface area contributed by atoms with Gasteiger partial charge in [0.1, 0.15) is 0 Å². The van der Waals surface area contributed by atoms with E-state index in [0.717, 1.165) is 11.3 Å². The Balaban J connectivity index is 3.10. The summed E-state index contributed by atoms with van der Waals surface area (Å²) in [6.45, 7) is 12.4. The summed E-state index contributed by atoms with van der Waals surface area (Å²) in [7, 11) is -3.73. The summed E-state index contributed by atoms with van der Waals surface area (Å²) in [6, 6.07) is 3.28. The van der Waals surface area contributed by atoms with Crippen molar-refractivity contribution >= 4 is 37.5 Å². The van der Waals surface area contributed by atoms with E-state index in [2.05, 4.69) is 33.9 Å². The van der Waals surface area contributed by atoms with Gasteiger partial charge in [-0.2, -0.15) is 0 Å². The maximum atomic E-state index is 12.3. The van der Waals surface area contributed by atoms with Crippen LogP contribution in [0.2, 0.25) is 18.1 Å². The van der Waals surface area contributed by atoms with Crippen LogP contribution in [0.25, 0.3) is 0 Å². The summed E-state index contributed by atoms with van der Waals surface area (Å²) in [5, 5.41) is 18.4. The van der Waals surface area contributed by atoms with Gasteiger partial charge in [0.15, 0.2) is 14.4 Å². The normalized spacial score (nSPS) is 13.8. The highest BCUT2D eigenvalue weighted by molar-refractivity contribution is 7.22. The lowest BCUT2D eigenvalue weighted by Crippen LogP contribution is -2.43. The SMILES string of the molecule is CCOC(=O)C(O[Si](C)(C)C(C)(C)C)c1ccc(B(O)O)s1. The van der Waals surface area contributed by atoms with Gasteiger partial charge in [-0.25, -0.2) is 4.79 Å². The van der Waals surface area contributed by atoms with E-state index in [1.807, 2.05) is 0 Å². The Morgan fingerprint density at radius 2 is 1.95 bits per heavy atom. The highest BCUT2D eigenvalue weighted by Gasteiger charge is 2.42. The molecule has 0 amide bonds. The molecule has 0 radical (unpaired) electrons. The van der Waals surface area contributed by atoms with Gasteiger partial charge in [-0.05, 0) is 31.1 Å². The Bertz CT molecular complexity index is 510. The van der Waals surface area contributed by atoms with Gasteiger partial charge < -0.3 is 19.2 Å². The van der Waals surface area contributed by atoms with Crippen LogP contribution in [-0.2, 0) is 14.0 Å². The van der Waals surface area contributed by atoms with E-state index in [1.54, 1.807) is 19.1 Å². The Labute approximate surface area is 137 Å². The molecule has 124 valence electrons. The Kier molecular flexibility index (Phi) is 6.40. The molecule has 0 spiro atoms. The Morgan fingerprint density at radius 1 is 1.36 bits per heavy atom. The molecule has 1 unspecified atom stereocenters. The first-order chi connectivity index (χ1) is 9.99. The molecule has 8 heteroatoms. The van der Waals surface area contributed by atoms with Crippen molar-refractivity contribution in [2.75, 3.05) is 6.61 Å². The van der Waals surface area contributed by atoms with E-state index >= 15 is 0 Å². The molecule has 1 rings (SSSR count). The number of hydrogen-bond acceptors (Lipinski definition) is 6. The minimum Gasteiger partial charge on any atom is -0.464 e. The second-order valence-corrected chi connectivity index (χ2v) is 12.5. The van der Waals surface area contributed by atoms with Gasteiger partial charge in [0, 0.05) is 9.65 Å². The quantitative estimate of drug-likeness (QED) is 0.610. The van der Waals surface area contributed by atoms with Gasteiger partial charge in [0.05, 0.1) is 6.61 Å². The maximum Gasteiger partial charge on any atom is 0.499 e. The Morgan fingerprint density at radius 3 is 2.36 bits per heavy atom. The van der Waals surface area contributed by atoms with Crippen LogP contribution in [0, 0.1) is 0 Å². The minimum atomic E-state index is -2.18. The van der Waals surface area contributed by atoms with Crippen LogP contribution in [0.3, 0.4) is 0 Å². The Hall–Kier alpha value is -0.668. The van der Waals surface area contributed by atoms with E-state index in [0.29, 0.717) is 9.65 Å². The molecule has 1 aromatic rings. The largest absolute Gasteiger partial charge is 0.499 e. The van der Waals surface area contributed by atoms with Crippen LogP contribution in [0.15, 0.2) is 12.1 Å². The molecule has 0 aromatic carbocycles. The van der Waals surface area contributed by atoms with Crippen molar-refractivity contribution in [3.05, 3.63) is 17.0 Å². The molecule has 0 aliphatic carbocycles. The van der Waals surface area contributed by atoms with Gasteiger partial charge in [0.2, 0.25) is 0 Å². The lowest BCUT2D eigenvalue weighted by Gasteiger charge is -2.38. The molecular formula is C14H25BO5SSi. The lowest BCUT2D eigenvalue weighted by molar-refractivity contribution is -0.152. The molecule has 0 bridgehead atoms. The number of carbonyl (C=O) groups excluding carboxylic acids is 1. The average molecular weight is 344 g/mol. The predicted molar refractivity (Wildman–Crippen MR) is 91.8 cm³/mol. The topological polar surface area (TPSA) is 76.0 Å². The second kappa shape index (κ2) is 7.27. The van der Waals surface area contributed by atoms with Gasteiger partial charge >= 0.3 is 13.1 Å². The van der Waals surface area contributed by atoms with Crippen LogP contribution in [0.4, 0.5) is 0 Å². The molecular weight excluding hydrogens is 319 g/mol. The molecule has 0 saturated heterocycles. The third kappa shape index (κ3) is 4.66. The van der Waals surface area contributed by atoms with Crippen LogP contribution < -0.4 is 4.78 Å². The molecule has 1 heterocycles. The van der Waals surface area contributed by atoms with Crippen LogP contribution in [-0.4, -0.2) is 38.1 Å². The minimum absolute atomic E-state index is 0.0473. The lowest BCUT2D eigenvalue weighted by atomic mass is 9.90. The zero-order chi connectivity index (χ0) is 17.1. The van der Waals surface area contributed by atoms with E-state index in [1.165, 1.54) is 0 Å². The molecule has 2 N–H and O–H groups in total. The summed E-state index contributed by atoms with van der Waals surface area (Å²) in [6.07, 6.45) is -0.821. The number of esters is 1. The fourth-order valence-corrected chi connectivity index (χ4v) is 3.71. The fraction of sp³-hybridized carbons (Fsp3) is 0.643. The number of carbonyl (C=O) groups is 1. The number of thiophene rings is 1. The van der Waals surface area contributed by atoms with Crippen molar-refractivity contribution in [1.29, 1.82) is 0 Å². The summed E-state index contributed by atoms with van der Waals surface area (Å²) in [5.41, 5.74) is 0. The van der Waals surface area contributed by atoms with Gasteiger partial charge in [-0.15, -0.1) is 11.3 Å². The van der Waals surface area contributed by atoms with Crippen molar-refractivity contribution in [3.63, 3.8) is 0 Å². The van der Waals surface area contributed by atoms with Crippen molar-refractivity contribution in [1.82, 2.24) is 0 Å². The average Bonchev–Trinajstić information content (AvgIpc) is 2.84. The fourth-order valence-electron chi connectivity index (χ4n) is 1.56.